The molecular weight excluding hydrogens is 314 g/mol. The number of hydrogen-bond donors (Lipinski definition) is 1. The monoisotopic (exact) mass is 329 g/mol. The number of nitrogens with zero attached hydrogens (tertiary/aromatic N) is 6. The Hall–Kier alpha value is -2.55. The summed E-state index contributed by atoms with van der Waals surface area (Å²) in [6.07, 6.45) is 5.50. The first-order valence-corrected chi connectivity index (χ1v) is 8.19. The van der Waals surface area contributed by atoms with Crippen molar-refractivity contribution in [2.45, 2.75) is 18.8 Å². The van der Waals surface area contributed by atoms with E-state index in [2.05, 4.69) is 30.2 Å². The first-order chi connectivity index (χ1) is 11.3. The van der Waals surface area contributed by atoms with Crippen molar-refractivity contribution in [2.24, 2.45) is 0 Å². The number of anilines is 2. The summed E-state index contributed by atoms with van der Waals surface area (Å²) in [4.78, 5) is 10.8. The fraction of sp³-hybridized carbons (Fsp3) is 0.357. The van der Waals surface area contributed by atoms with Crippen molar-refractivity contribution in [1.82, 2.24) is 25.3 Å². The van der Waals surface area contributed by atoms with Crippen molar-refractivity contribution in [3.05, 3.63) is 30.4 Å². The highest BCUT2D eigenvalue weighted by Gasteiger charge is 2.28. The van der Waals surface area contributed by atoms with E-state index in [1.807, 2.05) is 12.1 Å². The van der Waals surface area contributed by atoms with Crippen LogP contribution in [-0.4, -0.2) is 38.4 Å². The number of nitrogens with two attached hydrogens (primary N) is 1. The van der Waals surface area contributed by atoms with Gasteiger partial charge >= 0.3 is 0 Å². The molecule has 3 aromatic heterocycles. The molecule has 1 aliphatic rings. The predicted molar refractivity (Wildman–Crippen MR) is 86.0 cm³/mol. The van der Waals surface area contributed by atoms with E-state index in [0.29, 0.717) is 16.8 Å². The summed E-state index contributed by atoms with van der Waals surface area (Å²) in [7, 11) is 0. The molecule has 0 bridgehead atoms. The van der Waals surface area contributed by atoms with E-state index >= 15 is 0 Å². The molecule has 0 amide bonds. The summed E-state index contributed by atoms with van der Waals surface area (Å²) in [5.41, 5.74) is 6.52. The van der Waals surface area contributed by atoms with E-state index < -0.39 is 0 Å². The van der Waals surface area contributed by atoms with Crippen LogP contribution in [-0.2, 0) is 0 Å². The van der Waals surface area contributed by atoms with Gasteiger partial charge < -0.3 is 15.2 Å². The van der Waals surface area contributed by atoms with Gasteiger partial charge in [0.15, 0.2) is 0 Å². The summed E-state index contributed by atoms with van der Waals surface area (Å²) in [5, 5.41) is 13.4. The zero-order chi connectivity index (χ0) is 15.6. The zero-order valence-corrected chi connectivity index (χ0v) is 13.1. The third kappa shape index (κ3) is 2.87. The highest BCUT2D eigenvalue weighted by Crippen LogP contribution is 2.31. The van der Waals surface area contributed by atoms with E-state index in [1.54, 1.807) is 12.4 Å². The highest BCUT2D eigenvalue weighted by atomic mass is 32.1. The third-order valence-electron chi connectivity index (χ3n) is 3.83. The molecule has 0 spiro atoms. The van der Waals surface area contributed by atoms with E-state index in [-0.39, 0.29) is 5.92 Å². The highest BCUT2D eigenvalue weighted by molar-refractivity contribution is 7.18. The largest absolute Gasteiger partial charge is 0.374 e. The summed E-state index contributed by atoms with van der Waals surface area (Å²) in [5.74, 6) is 1.42. The molecule has 23 heavy (non-hydrogen) atoms. The summed E-state index contributed by atoms with van der Waals surface area (Å²) < 4.78 is 5.48. The number of piperidine rings is 1. The Morgan fingerprint density at radius 1 is 1.35 bits per heavy atom. The van der Waals surface area contributed by atoms with Gasteiger partial charge in [0.2, 0.25) is 22.0 Å². The molecule has 1 saturated heterocycles. The van der Waals surface area contributed by atoms with Gasteiger partial charge in [-0.3, -0.25) is 4.98 Å². The number of nitrogen functional groups attached to an aromatic ring is 1. The predicted octanol–water partition coefficient (Wildman–Crippen LogP) is 1.95. The van der Waals surface area contributed by atoms with Crippen LogP contribution in [0.3, 0.4) is 0 Å². The SMILES string of the molecule is Nc1nnc(N2CCCC(c3nc(-c4cccnc4)no3)C2)s1. The average Bonchev–Trinajstić information content (AvgIpc) is 3.25. The lowest BCUT2D eigenvalue weighted by molar-refractivity contribution is 0.333. The quantitative estimate of drug-likeness (QED) is 0.777. The zero-order valence-electron chi connectivity index (χ0n) is 12.3. The van der Waals surface area contributed by atoms with E-state index in [1.165, 1.54) is 11.3 Å². The Kier molecular flexibility index (Phi) is 3.62. The fourth-order valence-electron chi connectivity index (χ4n) is 2.72. The Morgan fingerprint density at radius 3 is 3.09 bits per heavy atom. The van der Waals surface area contributed by atoms with Crippen LogP contribution in [0, 0.1) is 0 Å². The number of hydrogen-bond acceptors (Lipinski definition) is 9. The van der Waals surface area contributed by atoms with Crippen LogP contribution >= 0.6 is 11.3 Å². The molecule has 0 saturated carbocycles. The molecule has 9 heteroatoms. The van der Waals surface area contributed by atoms with Crippen LogP contribution < -0.4 is 10.6 Å². The smallest absolute Gasteiger partial charge is 0.231 e. The average molecular weight is 329 g/mol. The number of pyridine rings is 1. The lowest BCUT2D eigenvalue weighted by Crippen LogP contribution is -2.34. The first-order valence-electron chi connectivity index (χ1n) is 7.37. The Labute approximate surface area is 136 Å². The van der Waals surface area contributed by atoms with Crippen LogP contribution in [0.2, 0.25) is 0 Å². The number of rotatable bonds is 3. The first kappa shape index (κ1) is 14.1. The molecule has 4 heterocycles. The molecule has 1 atom stereocenters. The van der Waals surface area contributed by atoms with Crippen LogP contribution in [0.5, 0.6) is 0 Å². The minimum Gasteiger partial charge on any atom is -0.374 e. The molecule has 1 aliphatic heterocycles. The second-order valence-electron chi connectivity index (χ2n) is 5.41. The van der Waals surface area contributed by atoms with Gasteiger partial charge in [0.05, 0.1) is 5.92 Å². The molecule has 2 N–H and O–H groups in total. The molecule has 1 fully saturated rings. The van der Waals surface area contributed by atoms with E-state index in [0.717, 1.165) is 36.6 Å². The van der Waals surface area contributed by atoms with Gasteiger partial charge in [-0.1, -0.05) is 16.5 Å². The van der Waals surface area contributed by atoms with Crippen LogP contribution in [0.15, 0.2) is 29.0 Å². The van der Waals surface area contributed by atoms with E-state index in [9.17, 15) is 0 Å². The van der Waals surface area contributed by atoms with Crippen molar-refractivity contribution < 1.29 is 4.52 Å². The molecule has 0 aromatic carbocycles. The Balaban J connectivity index is 1.53. The summed E-state index contributed by atoms with van der Waals surface area (Å²) >= 11 is 1.40. The van der Waals surface area contributed by atoms with Crippen molar-refractivity contribution in [2.75, 3.05) is 23.7 Å². The van der Waals surface area contributed by atoms with Gasteiger partial charge in [0.25, 0.3) is 0 Å². The third-order valence-corrected chi connectivity index (χ3v) is 4.65. The molecule has 0 radical (unpaired) electrons. The van der Waals surface area contributed by atoms with Crippen molar-refractivity contribution in [3.8, 4) is 11.4 Å². The Bertz CT molecular complexity index is 787. The normalized spacial score (nSPS) is 18.3. The van der Waals surface area contributed by atoms with Gasteiger partial charge in [-0.05, 0) is 25.0 Å². The standard InChI is InChI=1S/C14H15N7OS/c15-13-18-19-14(23-13)21-6-2-4-10(8-21)12-17-11(20-22-12)9-3-1-5-16-7-9/h1,3,5,7,10H,2,4,6,8H2,(H2,15,18). The van der Waals surface area contributed by atoms with Gasteiger partial charge in [0, 0.05) is 31.0 Å². The topological polar surface area (TPSA) is 107 Å². The molecular formula is C14H15N7OS. The fourth-order valence-corrected chi connectivity index (χ4v) is 3.37. The van der Waals surface area contributed by atoms with Gasteiger partial charge in [0.1, 0.15) is 0 Å². The molecule has 3 aromatic rings. The van der Waals surface area contributed by atoms with Gasteiger partial charge in [-0.2, -0.15) is 4.98 Å². The second kappa shape index (κ2) is 5.92. The number of aromatic nitrogens is 5. The van der Waals surface area contributed by atoms with Crippen LogP contribution in [0.25, 0.3) is 11.4 Å². The maximum Gasteiger partial charge on any atom is 0.231 e. The maximum atomic E-state index is 5.67. The maximum absolute atomic E-state index is 5.67. The van der Waals surface area contributed by atoms with Crippen molar-refractivity contribution >= 4 is 21.6 Å². The van der Waals surface area contributed by atoms with E-state index in [4.69, 9.17) is 10.3 Å². The summed E-state index contributed by atoms with van der Waals surface area (Å²) in [6.45, 7) is 1.72. The molecule has 1 unspecified atom stereocenters. The summed E-state index contributed by atoms with van der Waals surface area (Å²) in [6, 6.07) is 3.77. The van der Waals surface area contributed by atoms with Crippen LogP contribution in [0.4, 0.5) is 10.3 Å². The lowest BCUT2D eigenvalue weighted by atomic mass is 9.98. The van der Waals surface area contributed by atoms with Crippen molar-refractivity contribution in [3.63, 3.8) is 0 Å². The van der Waals surface area contributed by atoms with Crippen molar-refractivity contribution in [1.29, 1.82) is 0 Å². The Morgan fingerprint density at radius 2 is 2.30 bits per heavy atom. The molecule has 0 aliphatic carbocycles. The van der Waals surface area contributed by atoms with Gasteiger partial charge in [-0.25, -0.2) is 0 Å². The van der Waals surface area contributed by atoms with Gasteiger partial charge in [-0.15, -0.1) is 10.2 Å². The lowest BCUT2D eigenvalue weighted by Gasteiger charge is -2.30. The van der Waals surface area contributed by atoms with Crippen LogP contribution in [0.1, 0.15) is 24.7 Å². The molecule has 118 valence electrons. The second-order valence-corrected chi connectivity index (χ2v) is 6.39. The minimum absolute atomic E-state index is 0.187. The minimum atomic E-state index is 0.187. The molecule has 4 rings (SSSR count). The molecule has 8 nitrogen and oxygen atoms in total.